The second kappa shape index (κ2) is 5.95. The van der Waals surface area contributed by atoms with Gasteiger partial charge >= 0.3 is 0 Å². The number of anilines is 2. The molecule has 3 N–H and O–H groups in total. The van der Waals surface area contributed by atoms with E-state index in [1.165, 1.54) is 0 Å². The van der Waals surface area contributed by atoms with E-state index in [0.29, 0.717) is 17.9 Å². The van der Waals surface area contributed by atoms with Crippen LogP contribution in [0.4, 0.5) is 11.4 Å². The van der Waals surface area contributed by atoms with E-state index in [2.05, 4.69) is 10.3 Å². The first kappa shape index (κ1) is 14.2. The zero-order chi connectivity index (χ0) is 15.5. The van der Waals surface area contributed by atoms with Crippen molar-refractivity contribution in [1.82, 2.24) is 4.98 Å². The molecule has 0 unspecified atom stereocenters. The predicted molar refractivity (Wildman–Crippen MR) is 83.7 cm³/mol. The van der Waals surface area contributed by atoms with Crippen LogP contribution in [0, 0.1) is 0 Å². The molecule has 0 fully saturated rings. The quantitative estimate of drug-likeness (QED) is 0.890. The Balaban J connectivity index is 1.88. The number of hydrogen-bond donors (Lipinski definition) is 2. The smallest absolute Gasteiger partial charge is 0.276 e. The lowest BCUT2D eigenvalue weighted by atomic mass is 10.1. The molecule has 0 radical (unpaired) electrons. The van der Waals surface area contributed by atoms with Crippen molar-refractivity contribution in [2.45, 2.75) is 6.42 Å². The van der Waals surface area contributed by atoms with Gasteiger partial charge in [0.2, 0.25) is 5.91 Å². The Morgan fingerprint density at radius 1 is 1.27 bits per heavy atom. The van der Waals surface area contributed by atoms with Gasteiger partial charge in [-0.2, -0.15) is 0 Å². The van der Waals surface area contributed by atoms with Crippen molar-refractivity contribution in [1.29, 1.82) is 0 Å². The van der Waals surface area contributed by atoms with E-state index in [0.717, 1.165) is 17.7 Å². The number of carbonyl (C=O) groups excluding carboxylic acids is 2. The molecule has 1 aliphatic heterocycles. The maximum absolute atomic E-state index is 12.6. The van der Waals surface area contributed by atoms with Crippen LogP contribution in [0.25, 0.3) is 0 Å². The van der Waals surface area contributed by atoms with Crippen LogP contribution in [0.5, 0.6) is 0 Å². The number of carbonyl (C=O) groups is 2. The number of hydrogen-bond acceptors (Lipinski definition) is 4. The molecular formula is C16H16N4O2. The Morgan fingerprint density at radius 3 is 2.86 bits per heavy atom. The van der Waals surface area contributed by atoms with Gasteiger partial charge in [-0.05, 0) is 36.2 Å². The van der Waals surface area contributed by atoms with Crippen molar-refractivity contribution in [3.63, 3.8) is 0 Å². The monoisotopic (exact) mass is 296 g/mol. The van der Waals surface area contributed by atoms with Crippen molar-refractivity contribution >= 4 is 23.2 Å². The standard InChI is InChI=1S/C16H16N4O2/c17-10-15(21)19-12-5-4-11-6-8-20(14(11)9-12)16(22)13-3-1-2-7-18-13/h1-5,7,9H,6,8,10,17H2,(H,19,21). The lowest BCUT2D eigenvalue weighted by molar-refractivity contribution is -0.114. The third-order valence-corrected chi connectivity index (χ3v) is 3.58. The van der Waals surface area contributed by atoms with Gasteiger partial charge in [0.25, 0.3) is 5.91 Å². The number of nitrogens with one attached hydrogen (secondary N) is 1. The minimum absolute atomic E-state index is 0.0757. The van der Waals surface area contributed by atoms with E-state index in [1.54, 1.807) is 35.4 Å². The maximum atomic E-state index is 12.6. The normalized spacial score (nSPS) is 12.9. The van der Waals surface area contributed by atoms with Crippen LogP contribution in [-0.4, -0.2) is 29.9 Å². The molecule has 22 heavy (non-hydrogen) atoms. The van der Waals surface area contributed by atoms with E-state index in [4.69, 9.17) is 5.73 Å². The van der Waals surface area contributed by atoms with E-state index in [9.17, 15) is 9.59 Å². The summed E-state index contributed by atoms with van der Waals surface area (Å²) in [5.74, 6) is -0.401. The number of aromatic nitrogens is 1. The maximum Gasteiger partial charge on any atom is 0.276 e. The van der Waals surface area contributed by atoms with Gasteiger partial charge in [0.15, 0.2) is 0 Å². The molecule has 0 saturated carbocycles. The molecule has 1 aromatic heterocycles. The number of nitrogens with two attached hydrogens (primary N) is 1. The third kappa shape index (κ3) is 2.68. The van der Waals surface area contributed by atoms with Gasteiger partial charge < -0.3 is 16.0 Å². The van der Waals surface area contributed by atoms with Gasteiger partial charge in [-0.1, -0.05) is 12.1 Å². The molecule has 1 aromatic carbocycles. The second-order valence-electron chi connectivity index (χ2n) is 5.02. The van der Waals surface area contributed by atoms with Gasteiger partial charge in [-0.3, -0.25) is 14.6 Å². The van der Waals surface area contributed by atoms with E-state index >= 15 is 0 Å². The molecule has 0 atom stereocenters. The summed E-state index contributed by atoms with van der Waals surface area (Å²) in [6.07, 6.45) is 2.39. The van der Waals surface area contributed by atoms with Crippen LogP contribution in [0.1, 0.15) is 16.1 Å². The average Bonchev–Trinajstić information content (AvgIpc) is 2.98. The van der Waals surface area contributed by atoms with Crippen LogP contribution in [0.2, 0.25) is 0 Å². The molecule has 2 aromatic rings. The minimum Gasteiger partial charge on any atom is -0.325 e. The van der Waals surface area contributed by atoms with E-state index in [-0.39, 0.29) is 18.4 Å². The highest BCUT2D eigenvalue weighted by Gasteiger charge is 2.26. The van der Waals surface area contributed by atoms with Crippen LogP contribution in [-0.2, 0) is 11.2 Å². The molecular weight excluding hydrogens is 280 g/mol. The van der Waals surface area contributed by atoms with Crippen molar-refractivity contribution in [3.05, 3.63) is 53.9 Å². The largest absolute Gasteiger partial charge is 0.325 e. The van der Waals surface area contributed by atoms with Gasteiger partial charge in [-0.25, -0.2) is 0 Å². The summed E-state index contributed by atoms with van der Waals surface area (Å²) in [4.78, 5) is 29.7. The first-order valence-corrected chi connectivity index (χ1v) is 7.05. The fraction of sp³-hybridized carbons (Fsp3) is 0.188. The lowest BCUT2D eigenvalue weighted by Gasteiger charge is -2.17. The summed E-state index contributed by atoms with van der Waals surface area (Å²) in [5.41, 5.74) is 8.23. The van der Waals surface area contributed by atoms with Crippen LogP contribution >= 0.6 is 0 Å². The molecule has 0 bridgehead atoms. The van der Waals surface area contributed by atoms with Crippen LogP contribution < -0.4 is 16.0 Å². The summed E-state index contributed by atoms with van der Waals surface area (Å²) >= 11 is 0. The Bertz CT molecular complexity index is 715. The first-order chi connectivity index (χ1) is 10.7. The van der Waals surface area contributed by atoms with Crippen LogP contribution in [0.3, 0.4) is 0 Å². The number of rotatable bonds is 3. The second-order valence-corrected chi connectivity index (χ2v) is 5.02. The molecule has 112 valence electrons. The van der Waals surface area contributed by atoms with E-state index in [1.807, 2.05) is 12.1 Å². The van der Waals surface area contributed by atoms with Gasteiger partial charge in [0.1, 0.15) is 5.69 Å². The topological polar surface area (TPSA) is 88.3 Å². The minimum atomic E-state index is -0.263. The summed E-state index contributed by atoms with van der Waals surface area (Å²) in [7, 11) is 0. The number of benzene rings is 1. The molecule has 0 spiro atoms. The fourth-order valence-corrected chi connectivity index (χ4v) is 2.51. The molecule has 1 aliphatic rings. The molecule has 0 aliphatic carbocycles. The summed E-state index contributed by atoms with van der Waals surface area (Å²) in [5, 5.41) is 2.70. The number of fused-ring (bicyclic) bond motifs is 1. The van der Waals surface area contributed by atoms with Gasteiger partial charge in [-0.15, -0.1) is 0 Å². The van der Waals surface area contributed by atoms with Crippen molar-refractivity contribution in [2.75, 3.05) is 23.3 Å². The number of amides is 2. The first-order valence-electron chi connectivity index (χ1n) is 7.05. The zero-order valence-corrected chi connectivity index (χ0v) is 12.0. The number of nitrogens with zero attached hydrogens (tertiary/aromatic N) is 2. The Hall–Kier alpha value is -2.73. The summed E-state index contributed by atoms with van der Waals surface area (Å²) in [6.45, 7) is 0.534. The predicted octanol–water partition coefficient (Wildman–Crippen LogP) is 1.18. The SMILES string of the molecule is NCC(=O)Nc1ccc2c(c1)N(C(=O)c1ccccn1)CC2. The molecule has 3 rings (SSSR count). The number of pyridine rings is 1. The zero-order valence-electron chi connectivity index (χ0n) is 12.0. The fourth-order valence-electron chi connectivity index (χ4n) is 2.51. The molecule has 2 heterocycles. The molecule has 6 heteroatoms. The highest BCUT2D eigenvalue weighted by molar-refractivity contribution is 6.06. The lowest BCUT2D eigenvalue weighted by Crippen LogP contribution is -2.29. The third-order valence-electron chi connectivity index (χ3n) is 3.58. The highest BCUT2D eigenvalue weighted by Crippen LogP contribution is 2.31. The average molecular weight is 296 g/mol. The van der Waals surface area contributed by atoms with Crippen molar-refractivity contribution in [2.24, 2.45) is 5.73 Å². The van der Waals surface area contributed by atoms with Gasteiger partial charge in [0.05, 0.1) is 6.54 Å². The molecule has 2 amide bonds. The molecule has 0 saturated heterocycles. The Morgan fingerprint density at radius 2 is 2.14 bits per heavy atom. The molecule has 6 nitrogen and oxygen atoms in total. The van der Waals surface area contributed by atoms with Crippen LogP contribution in [0.15, 0.2) is 42.6 Å². The van der Waals surface area contributed by atoms with Crippen molar-refractivity contribution < 1.29 is 9.59 Å². The van der Waals surface area contributed by atoms with Gasteiger partial charge in [0, 0.05) is 24.1 Å². The highest BCUT2D eigenvalue weighted by atomic mass is 16.2. The Kier molecular flexibility index (Phi) is 3.84. The van der Waals surface area contributed by atoms with Crippen molar-refractivity contribution in [3.8, 4) is 0 Å². The van der Waals surface area contributed by atoms with E-state index < -0.39 is 0 Å². The summed E-state index contributed by atoms with van der Waals surface area (Å²) < 4.78 is 0. The Labute approximate surface area is 127 Å². The summed E-state index contributed by atoms with van der Waals surface area (Å²) in [6, 6.07) is 10.8.